The van der Waals surface area contributed by atoms with Gasteiger partial charge in [0.2, 0.25) is 5.91 Å². The van der Waals surface area contributed by atoms with Crippen molar-refractivity contribution in [1.82, 2.24) is 4.98 Å². The molecule has 0 bridgehead atoms. The maximum atomic E-state index is 13.2. The molecule has 2 rings (SSSR count). The largest absolute Gasteiger partial charge is 0.369 e. The minimum Gasteiger partial charge on any atom is -0.369 e. The van der Waals surface area contributed by atoms with E-state index < -0.39 is 11.7 Å². The first-order valence-corrected chi connectivity index (χ1v) is 4.48. The number of rotatable bonds is 2. The molecule has 3 nitrogen and oxygen atoms in total. The molecule has 1 heterocycles. The van der Waals surface area contributed by atoms with Gasteiger partial charge in [0.1, 0.15) is 5.82 Å². The van der Waals surface area contributed by atoms with Gasteiger partial charge in [-0.05, 0) is 17.7 Å². The number of nitrogens with zero attached hydrogens (tertiary/aromatic N) is 1. The van der Waals surface area contributed by atoms with E-state index in [4.69, 9.17) is 5.73 Å². The average Bonchev–Trinajstić information content (AvgIpc) is 2.16. The quantitative estimate of drug-likeness (QED) is 0.803. The predicted molar refractivity (Wildman–Crippen MR) is 54.6 cm³/mol. The van der Waals surface area contributed by atoms with Crippen molar-refractivity contribution in [3.63, 3.8) is 0 Å². The highest BCUT2D eigenvalue weighted by Crippen LogP contribution is 2.18. The first-order valence-electron chi connectivity index (χ1n) is 4.48. The number of halogens is 1. The minimum absolute atomic E-state index is 0.0277. The first kappa shape index (κ1) is 9.58. The summed E-state index contributed by atoms with van der Waals surface area (Å²) in [6.07, 6.45) is 1.61. The van der Waals surface area contributed by atoms with Crippen LogP contribution in [-0.4, -0.2) is 10.9 Å². The lowest BCUT2D eigenvalue weighted by molar-refractivity contribution is -0.117. The van der Waals surface area contributed by atoms with Crippen LogP contribution in [0.15, 0.2) is 30.5 Å². The minimum atomic E-state index is -0.481. The Kier molecular flexibility index (Phi) is 2.33. The zero-order valence-corrected chi connectivity index (χ0v) is 7.90. The van der Waals surface area contributed by atoms with Crippen molar-refractivity contribution in [3.8, 4) is 0 Å². The molecule has 4 heteroatoms. The van der Waals surface area contributed by atoms with Gasteiger partial charge in [0, 0.05) is 17.6 Å². The molecule has 1 aromatic carbocycles. The van der Waals surface area contributed by atoms with Crippen LogP contribution in [0.4, 0.5) is 4.39 Å². The lowest BCUT2D eigenvalue weighted by Gasteiger charge is -2.04. The van der Waals surface area contributed by atoms with E-state index in [1.807, 2.05) is 0 Å². The Bertz CT molecular complexity index is 525. The van der Waals surface area contributed by atoms with E-state index in [1.165, 1.54) is 12.1 Å². The van der Waals surface area contributed by atoms with Gasteiger partial charge in [-0.15, -0.1) is 0 Å². The van der Waals surface area contributed by atoms with Crippen molar-refractivity contribution >= 4 is 16.8 Å². The van der Waals surface area contributed by atoms with Gasteiger partial charge < -0.3 is 5.73 Å². The molecular formula is C11H9FN2O. The lowest BCUT2D eigenvalue weighted by atomic mass is 10.1. The number of hydrogen-bond acceptors (Lipinski definition) is 2. The Hall–Kier alpha value is -1.97. The Morgan fingerprint density at radius 1 is 1.47 bits per heavy atom. The molecule has 0 spiro atoms. The molecule has 0 unspecified atom stereocenters. The summed E-state index contributed by atoms with van der Waals surface area (Å²) >= 11 is 0. The molecule has 0 saturated heterocycles. The number of carbonyl (C=O) groups excluding carboxylic acids is 1. The summed E-state index contributed by atoms with van der Waals surface area (Å²) in [5.41, 5.74) is 6.19. The summed E-state index contributed by atoms with van der Waals surface area (Å²) in [4.78, 5) is 14.8. The van der Waals surface area contributed by atoms with Crippen LogP contribution in [0.3, 0.4) is 0 Å². The molecule has 2 N–H and O–H groups in total. The number of pyridine rings is 1. The molecule has 76 valence electrons. The average molecular weight is 204 g/mol. The van der Waals surface area contributed by atoms with E-state index in [2.05, 4.69) is 4.98 Å². The maximum Gasteiger partial charge on any atom is 0.221 e. The number of benzene rings is 1. The lowest BCUT2D eigenvalue weighted by Crippen LogP contribution is -2.14. The number of aromatic nitrogens is 1. The fraction of sp³-hybridized carbons (Fsp3) is 0.0909. The second kappa shape index (κ2) is 3.65. The smallest absolute Gasteiger partial charge is 0.221 e. The van der Waals surface area contributed by atoms with E-state index in [0.717, 1.165) is 5.39 Å². The molecule has 0 radical (unpaired) electrons. The molecular weight excluding hydrogens is 195 g/mol. The van der Waals surface area contributed by atoms with Gasteiger partial charge in [-0.25, -0.2) is 4.39 Å². The van der Waals surface area contributed by atoms with Crippen LogP contribution in [0.5, 0.6) is 0 Å². The number of carbonyl (C=O) groups is 1. The van der Waals surface area contributed by atoms with Crippen molar-refractivity contribution < 1.29 is 9.18 Å². The molecule has 2 aromatic rings. The van der Waals surface area contributed by atoms with E-state index in [9.17, 15) is 9.18 Å². The van der Waals surface area contributed by atoms with Gasteiger partial charge in [0.15, 0.2) is 0 Å². The summed E-state index contributed by atoms with van der Waals surface area (Å²) < 4.78 is 13.2. The molecule has 1 aromatic heterocycles. The molecule has 0 fully saturated rings. The van der Waals surface area contributed by atoms with Gasteiger partial charge in [0.05, 0.1) is 11.9 Å². The van der Waals surface area contributed by atoms with Crippen molar-refractivity contribution in [2.24, 2.45) is 5.73 Å². The van der Waals surface area contributed by atoms with Crippen molar-refractivity contribution in [2.75, 3.05) is 0 Å². The van der Waals surface area contributed by atoms with Gasteiger partial charge in [-0.2, -0.15) is 0 Å². The van der Waals surface area contributed by atoms with Crippen molar-refractivity contribution in [1.29, 1.82) is 0 Å². The van der Waals surface area contributed by atoms with Crippen molar-refractivity contribution in [3.05, 3.63) is 41.8 Å². The van der Waals surface area contributed by atoms with Gasteiger partial charge >= 0.3 is 0 Å². The first-order chi connectivity index (χ1) is 7.16. The molecule has 15 heavy (non-hydrogen) atoms. The van der Waals surface area contributed by atoms with E-state index >= 15 is 0 Å². The van der Waals surface area contributed by atoms with Crippen molar-refractivity contribution in [2.45, 2.75) is 6.42 Å². The standard InChI is InChI=1S/C11H9FN2O/c12-8-4-7(5-11(13)15)9-2-1-3-14-10(9)6-8/h1-4,6H,5H2,(H2,13,15). The second-order valence-corrected chi connectivity index (χ2v) is 3.28. The van der Waals surface area contributed by atoms with Crippen LogP contribution in [0.25, 0.3) is 10.9 Å². The maximum absolute atomic E-state index is 13.2. The molecule has 0 atom stereocenters. The highest BCUT2D eigenvalue weighted by Gasteiger charge is 2.06. The molecule has 0 saturated carbocycles. The van der Waals surface area contributed by atoms with Crippen LogP contribution in [0, 0.1) is 5.82 Å². The van der Waals surface area contributed by atoms with E-state index in [0.29, 0.717) is 11.1 Å². The molecule has 0 aliphatic carbocycles. The van der Waals surface area contributed by atoms with Crippen LogP contribution in [0.1, 0.15) is 5.56 Å². The molecule has 0 aliphatic heterocycles. The second-order valence-electron chi connectivity index (χ2n) is 3.28. The van der Waals surface area contributed by atoms with E-state index in [-0.39, 0.29) is 6.42 Å². The zero-order chi connectivity index (χ0) is 10.8. The Morgan fingerprint density at radius 3 is 3.00 bits per heavy atom. The normalized spacial score (nSPS) is 10.5. The number of fused-ring (bicyclic) bond motifs is 1. The topological polar surface area (TPSA) is 56.0 Å². The van der Waals surface area contributed by atoms with Gasteiger partial charge in [-0.3, -0.25) is 9.78 Å². The highest BCUT2D eigenvalue weighted by atomic mass is 19.1. The monoisotopic (exact) mass is 204 g/mol. The Labute approximate surface area is 85.7 Å². The zero-order valence-electron chi connectivity index (χ0n) is 7.90. The van der Waals surface area contributed by atoms with Crippen LogP contribution in [0.2, 0.25) is 0 Å². The summed E-state index contributed by atoms with van der Waals surface area (Å²) in [5, 5.41) is 0.762. The number of amides is 1. The SMILES string of the molecule is NC(=O)Cc1cc(F)cc2ncccc12. The summed E-state index contributed by atoms with van der Waals surface area (Å²) in [6, 6.07) is 6.18. The van der Waals surface area contributed by atoms with Crippen LogP contribution >= 0.6 is 0 Å². The third kappa shape index (κ3) is 1.93. The number of hydrogen-bond donors (Lipinski definition) is 1. The van der Waals surface area contributed by atoms with Crippen LogP contribution < -0.4 is 5.73 Å². The summed E-state index contributed by atoms with van der Waals surface area (Å²) in [6.45, 7) is 0. The highest BCUT2D eigenvalue weighted by molar-refractivity contribution is 5.87. The number of primary amides is 1. The number of nitrogens with two attached hydrogens (primary N) is 1. The third-order valence-electron chi connectivity index (χ3n) is 2.14. The summed E-state index contributed by atoms with van der Waals surface area (Å²) in [7, 11) is 0. The van der Waals surface area contributed by atoms with Crippen LogP contribution in [-0.2, 0) is 11.2 Å². The van der Waals surface area contributed by atoms with Gasteiger partial charge in [-0.1, -0.05) is 6.07 Å². The van der Waals surface area contributed by atoms with Gasteiger partial charge in [0.25, 0.3) is 0 Å². The molecule has 0 aliphatic rings. The Balaban J connectivity index is 2.65. The predicted octanol–water partition coefficient (Wildman–Crippen LogP) is 1.40. The molecule has 1 amide bonds. The summed E-state index contributed by atoms with van der Waals surface area (Å²) in [5.74, 6) is -0.886. The third-order valence-corrected chi connectivity index (χ3v) is 2.14. The fourth-order valence-electron chi connectivity index (χ4n) is 1.55. The Morgan fingerprint density at radius 2 is 2.27 bits per heavy atom. The fourth-order valence-corrected chi connectivity index (χ4v) is 1.55. The van der Waals surface area contributed by atoms with E-state index in [1.54, 1.807) is 18.3 Å².